The van der Waals surface area contributed by atoms with Crippen LogP contribution in [0.3, 0.4) is 0 Å². The summed E-state index contributed by atoms with van der Waals surface area (Å²) in [5, 5.41) is 3.96. The summed E-state index contributed by atoms with van der Waals surface area (Å²) in [6.45, 7) is 4.32. The van der Waals surface area contributed by atoms with Gasteiger partial charge in [-0.25, -0.2) is 4.98 Å². The lowest BCUT2D eigenvalue weighted by Crippen LogP contribution is -2.36. The first-order valence-electron chi connectivity index (χ1n) is 8.98. The zero-order valence-electron chi connectivity index (χ0n) is 15.7. The number of likely N-dealkylation sites (N-methyl/N-ethyl adjacent to an activating group) is 2. The van der Waals surface area contributed by atoms with Gasteiger partial charge >= 0.3 is 0 Å². The van der Waals surface area contributed by atoms with E-state index in [1.54, 1.807) is 25.2 Å². The quantitative estimate of drug-likeness (QED) is 0.863. The fraction of sp³-hybridized carbons (Fsp3) is 0.444. The van der Waals surface area contributed by atoms with Crippen molar-refractivity contribution in [1.29, 1.82) is 0 Å². The van der Waals surface area contributed by atoms with Crippen LogP contribution >= 0.6 is 11.3 Å². The van der Waals surface area contributed by atoms with Gasteiger partial charge in [0.2, 0.25) is 11.9 Å². The Morgan fingerprint density at radius 1 is 1.26 bits per heavy atom. The van der Waals surface area contributed by atoms with Crippen LogP contribution in [0.2, 0.25) is 0 Å². The molecule has 2 aromatic heterocycles. The van der Waals surface area contributed by atoms with Crippen LogP contribution in [0.1, 0.15) is 27.7 Å². The maximum Gasteiger partial charge on any atom is 0.257 e. The van der Waals surface area contributed by atoms with E-state index in [1.807, 2.05) is 13.0 Å². The average molecular weight is 386 g/mol. The predicted octanol–water partition coefficient (Wildman–Crippen LogP) is 1.58. The Kier molecular flexibility index (Phi) is 4.47. The van der Waals surface area contributed by atoms with Gasteiger partial charge in [-0.3, -0.25) is 9.59 Å². The van der Waals surface area contributed by atoms with E-state index in [-0.39, 0.29) is 18.4 Å². The standard InChI is InChI=1S/C18H22N6O2S/c1-4-19-13-5-7-20-18(21-13)24-8-6-11-12(9-24)27-17-15(11)16(26)22(2)10-14(25)23(17)3/h5,7H,4,6,8-10H2,1-3H3,(H,19,20,21). The third-order valence-electron chi connectivity index (χ3n) is 4.93. The lowest BCUT2D eigenvalue weighted by molar-refractivity contribution is -0.118. The fourth-order valence-corrected chi connectivity index (χ4v) is 4.81. The van der Waals surface area contributed by atoms with Crippen LogP contribution in [0, 0.1) is 0 Å². The number of nitrogens with zero attached hydrogens (tertiary/aromatic N) is 5. The topological polar surface area (TPSA) is 81.7 Å². The number of thiophene rings is 1. The van der Waals surface area contributed by atoms with Crippen molar-refractivity contribution in [1.82, 2.24) is 14.9 Å². The second-order valence-corrected chi connectivity index (χ2v) is 7.83. The minimum Gasteiger partial charge on any atom is -0.370 e. The number of rotatable bonds is 3. The summed E-state index contributed by atoms with van der Waals surface area (Å²) in [5.74, 6) is 1.34. The molecule has 0 aromatic carbocycles. The molecule has 0 bridgehead atoms. The molecule has 2 aromatic rings. The molecule has 8 nitrogen and oxygen atoms in total. The first kappa shape index (κ1) is 17.7. The minimum absolute atomic E-state index is 0.0678. The van der Waals surface area contributed by atoms with Gasteiger partial charge in [0.05, 0.1) is 12.1 Å². The van der Waals surface area contributed by atoms with Gasteiger partial charge in [0, 0.05) is 38.3 Å². The Balaban J connectivity index is 1.68. The molecule has 2 aliphatic heterocycles. The maximum atomic E-state index is 12.8. The molecule has 27 heavy (non-hydrogen) atoms. The van der Waals surface area contributed by atoms with E-state index in [1.165, 1.54) is 16.2 Å². The van der Waals surface area contributed by atoms with Crippen LogP contribution in [-0.4, -0.2) is 60.4 Å². The van der Waals surface area contributed by atoms with Crippen molar-refractivity contribution in [3.05, 3.63) is 28.3 Å². The number of carbonyl (C=O) groups excluding carboxylic acids is 2. The Morgan fingerprint density at radius 3 is 2.85 bits per heavy atom. The Bertz CT molecular complexity index is 911. The molecule has 2 amide bonds. The number of carbonyl (C=O) groups is 2. The number of aromatic nitrogens is 2. The van der Waals surface area contributed by atoms with Gasteiger partial charge in [-0.1, -0.05) is 0 Å². The van der Waals surface area contributed by atoms with E-state index in [2.05, 4.69) is 20.2 Å². The molecule has 142 valence electrons. The maximum absolute atomic E-state index is 12.8. The van der Waals surface area contributed by atoms with E-state index >= 15 is 0 Å². The second kappa shape index (κ2) is 6.80. The average Bonchev–Trinajstić information content (AvgIpc) is 3.02. The summed E-state index contributed by atoms with van der Waals surface area (Å²) < 4.78 is 0. The molecule has 0 fully saturated rings. The summed E-state index contributed by atoms with van der Waals surface area (Å²) in [6, 6.07) is 1.85. The van der Waals surface area contributed by atoms with Crippen molar-refractivity contribution in [2.24, 2.45) is 0 Å². The number of hydrogen-bond donors (Lipinski definition) is 1. The number of anilines is 3. The molecular weight excluding hydrogens is 364 g/mol. The molecule has 0 aliphatic carbocycles. The number of amides is 2. The second-order valence-electron chi connectivity index (χ2n) is 6.74. The van der Waals surface area contributed by atoms with E-state index in [9.17, 15) is 9.59 Å². The van der Waals surface area contributed by atoms with E-state index < -0.39 is 0 Å². The van der Waals surface area contributed by atoms with Crippen LogP contribution < -0.4 is 15.1 Å². The number of nitrogens with one attached hydrogen (secondary N) is 1. The zero-order chi connectivity index (χ0) is 19.1. The van der Waals surface area contributed by atoms with Crippen molar-refractivity contribution in [3.8, 4) is 0 Å². The predicted molar refractivity (Wildman–Crippen MR) is 106 cm³/mol. The van der Waals surface area contributed by atoms with E-state index in [4.69, 9.17) is 0 Å². The normalized spacial score (nSPS) is 16.9. The highest BCUT2D eigenvalue weighted by molar-refractivity contribution is 7.17. The summed E-state index contributed by atoms with van der Waals surface area (Å²) in [5.41, 5.74) is 1.75. The molecule has 4 heterocycles. The highest BCUT2D eigenvalue weighted by Gasteiger charge is 2.35. The Morgan fingerprint density at radius 2 is 2.07 bits per heavy atom. The molecule has 0 atom stereocenters. The zero-order valence-corrected chi connectivity index (χ0v) is 16.5. The first-order chi connectivity index (χ1) is 13.0. The third-order valence-corrected chi connectivity index (χ3v) is 6.23. The van der Waals surface area contributed by atoms with Gasteiger partial charge < -0.3 is 20.0 Å². The van der Waals surface area contributed by atoms with Crippen molar-refractivity contribution in [2.75, 3.05) is 48.8 Å². The Labute approximate surface area is 161 Å². The highest BCUT2D eigenvalue weighted by Crippen LogP contribution is 2.41. The van der Waals surface area contributed by atoms with Crippen molar-refractivity contribution < 1.29 is 9.59 Å². The van der Waals surface area contributed by atoms with Gasteiger partial charge in [0.25, 0.3) is 5.91 Å². The smallest absolute Gasteiger partial charge is 0.257 e. The molecular formula is C18H22N6O2S. The minimum atomic E-state index is -0.0703. The summed E-state index contributed by atoms with van der Waals surface area (Å²) in [4.78, 5) is 40.5. The van der Waals surface area contributed by atoms with Gasteiger partial charge in [-0.2, -0.15) is 4.98 Å². The molecule has 2 aliphatic rings. The third kappa shape index (κ3) is 3.01. The molecule has 0 radical (unpaired) electrons. The molecule has 4 rings (SSSR count). The van der Waals surface area contributed by atoms with Crippen LogP contribution in [0.4, 0.5) is 16.8 Å². The number of fused-ring (bicyclic) bond motifs is 3. The molecule has 0 saturated heterocycles. The Hall–Kier alpha value is -2.68. The number of hydrogen-bond acceptors (Lipinski definition) is 7. The van der Waals surface area contributed by atoms with Crippen LogP contribution in [0.5, 0.6) is 0 Å². The summed E-state index contributed by atoms with van der Waals surface area (Å²) in [6.07, 6.45) is 2.49. The molecule has 9 heteroatoms. The van der Waals surface area contributed by atoms with Gasteiger partial charge in [0.15, 0.2) is 0 Å². The lowest BCUT2D eigenvalue weighted by Gasteiger charge is -2.27. The van der Waals surface area contributed by atoms with Crippen LogP contribution in [0.25, 0.3) is 0 Å². The largest absolute Gasteiger partial charge is 0.370 e. The van der Waals surface area contributed by atoms with Gasteiger partial charge in [-0.05, 0) is 25.0 Å². The fourth-order valence-electron chi connectivity index (χ4n) is 3.48. The van der Waals surface area contributed by atoms with Crippen molar-refractivity contribution in [2.45, 2.75) is 19.9 Å². The van der Waals surface area contributed by atoms with Crippen LogP contribution in [0.15, 0.2) is 12.3 Å². The molecule has 0 unspecified atom stereocenters. The summed E-state index contributed by atoms with van der Waals surface area (Å²) in [7, 11) is 3.43. The van der Waals surface area contributed by atoms with Gasteiger partial charge in [-0.15, -0.1) is 11.3 Å². The lowest BCUT2D eigenvalue weighted by atomic mass is 10.0. The summed E-state index contributed by atoms with van der Waals surface area (Å²) >= 11 is 1.53. The van der Waals surface area contributed by atoms with Gasteiger partial charge in [0.1, 0.15) is 17.4 Å². The molecule has 0 saturated carbocycles. The first-order valence-corrected chi connectivity index (χ1v) is 9.79. The van der Waals surface area contributed by atoms with E-state index in [0.29, 0.717) is 18.1 Å². The highest BCUT2D eigenvalue weighted by atomic mass is 32.1. The SMILES string of the molecule is CCNc1ccnc(N2CCc3c(sc4c3C(=O)N(C)CC(=O)N4C)C2)n1. The van der Waals surface area contributed by atoms with Crippen molar-refractivity contribution >= 4 is 39.9 Å². The monoisotopic (exact) mass is 386 g/mol. The molecule has 1 N–H and O–H groups in total. The molecule has 0 spiro atoms. The van der Waals surface area contributed by atoms with E-state index in [0.717, 1.165) is 40.8 Å². The van der Waals surface area contributed by atoms with Crippen LogP contribution in [-0.2, 0) is 17.8 Å². The van der Waals surface area contributed by atoms with Crippen molar-refractivity contribution in [3.63, 3.8) is 0 Å².